The Labute approximate surface area is 163 Å². The van der Waals surface area contributed by atoms with E-state index in [0.717, 1.165) is 12.8 Å². The smallest absolute Gasteiger partial charge is 0.287 e. The van der Waals surface area contributed by atoms with Crippen LogP contribution in [0.5, 0.6) is 0 Å². The van der Waals surface area contributed by atoms with Gasteiger partial charge < -0.3 is 20.4 Å². The van der Waals surface area contributed by atoms with Gasteiger partial charge in [0.15, 0.2) is 5.76 Å². The number of hydrogen-bond donors (Lipinski definition) is 3. The van der Waals surface area contributed by atoms with Gasteiger partial charge in [0.25, 0.3) is 11.8 Å². The Bertz CT molecular complexity index is 794. The van der Waals surface area contributed by atoms with E-state index in [1.54, 1.807) is 36.4 Å². The lowest BCUT2D eigenvalue weighted by Gasteiger charge is -2.10. The second-order valence-electron chi connectivity index (χ2n) is 6.97. The number of benzene rings is 1. The van der Waals surface area contributed by atoms with Gasteiger partial charge in [-0.3, -0.25) is 14.4 Å². The van der Waals surface area contributed by atoms with E-state index in [-0.39, 0.29) is 23.5 Å². The Morgan fingerprint density at radius 1 is 0.929 bits per heavy atom. The van der Waals surface area contributed by atoms with Crippen molar-refractivity contribution in [3.8, 4) is 0 Å². The summed E-state index contributed by atoms with van der Waals surface area (Å²) in [7, 11) is 0. The zero-order valence-electron chi connectivity index (χ0n) is 15.7. The van der Waals surface area contributed by atoms with Crippen LogP contribution in [0.25, 0.3) is 0 Å². The van der Waals surface area contributed by atoms with E-state index < -0.39 is 0 Å². The molecule has 0 aliphatic heterocycles. The molecule has 3 amide bonds. The molecule has 1 fully saturated rings. The molecule has 2 aromatic rings. The molecule has 3 N–H and O–H groups in total. The van der Waals surface area contributed by atoms with Gasteiger partial charge in [0.2, 0.25) is 5.91 Å². The van der Waals surface area contributed by atoms with Crippen molar-refractivity contribution in [2.24, 2.45) is 5.92 Å². The Morgan fingerprint density at radius 2 is 1.61 bits per heavy atom. The van der Waals surface area contributed by atoms with Crippen molar-refractivity contribution in [1.29, 1.82) is 0 Å². The molecule has 7 nitrogen and oxygen atoms in total. The summed E-state index contributed by atoms with van der Waals surface area (Å²) in [6, 6.07) is 9.99. The highest BCUT2D eigenvalue weighted by molar-refractivity contribution is 5.96. The maximum Gasteiger partial charge on any atom is 0.287 e. The molecule has 148 valence electrons. The van der Waals surface area contributed by atoms with E-state index in [0.29, 0.717) is 36.7 Å². The molecule has 0 spiro atoms. The summed E-state index contributed by atoms with van der Waals surface area (Å²) in [5, 5.41) is 8.28. The summed E-state index contributed by atoms with van der Waals surface area (Å²) in [5.74, 6) is 0.194. The number of rotatable bonds is 8. The topological polar surface area (TPSA) is 100 Å². The van der Waals surface area contributed by atoms with Gasteiger partial charge in [-0.2, -0.15) is 0 Å². The molecule has 0 atom stereocenters. The molecular formula is C21H25N3O4. The van der Waals surface area contributed by atoms with Crippen molar-refractivity contribution in [2.75, 3.05) is 18.4 Å². The highest BCUT2D eigenvalue weighted by Gasteiger charge is 2.18. The minimum Gasteiger partial charge on any atom is -0.459 e. The Hall–Kier alpha value is -3.09. The summed E-state index contributed by atoms with van der Waals surface area (Å²) < 4.78 is 4.99. The molecule has 0 unspecified atom stereocenters. The van der Waals surface area contributed by atoms with Crippen LogP contribution in [0.2, 0.25) is 0 Å². The molecule has 28 heavy (non-hydrogen) atoms. The lowest BCUT2D eigenvalue weighted by molar-refractivity contribution is -0.117. The van der Waals surface area contributed by atoms with E-state index in [1.807, 2.05) is 0 Å². The summed E-state index contributed by atoms with van der Waals surface area (Å²) in [6.45, 7) is 0.589. The van der Waals surface area contributed by atoms with E-state index in [1.165, 1.54) is 19.1 Å². The zero-order valence-corrected chi connectivity index (χ0v) is 15.7. The maximum atomic E-state index is 12.2. The normalized spacial score (nSPS) is 13.9. The first-order valence-corrected chi connectivity index (χ1v) is 9.61. The third-order valence-corrected chi connectivity index (χ3v) is 4.82. The van der Waals surface area contributed by atoms with Gasteiger partial charge >= 0.3 is 0 Å². The fourth-order valence-electron chi connectivity index (χ4n) is 3.34. The average molecular weight is 383 g/mol. The van der Waals surface area contributed by atoms with Gasteiger partial charge in [0, 0.05) is 30.8 Å². The second kappa shape index (κ2) is 9.73. The van der Waals surface area contributed by atoms with Crippen LogP contribution in [0.4, 0.5) is 5.69 Å². The predicted molar refractivity (Wildman–Crippen MR) is 105 cm³/mol. The van der Waals surface area contributed by atoms with Gasteiger partial charge in [-0.05, 0) is 55.2 Å². The number of carbonyl (C=O) groups excluding carboxylic acids is 3. The highest BCUT2D eigenvalue weighted by atomic mass is 16.3. The van der Waals surface area contributed by atoms with Crippen LogP contribution in [0.15, 0.2) is 47.1 Å². The number of anilines is 1. The Kier molecular flexibility index (Phi) is 6.84. The summed E-state index contributed by atoms with van der Waals surface area (Å²) in [6.07, 6.45) is 6.69. The molecule has 1 aromatic heterocycles. The van der Waals surface area contributed by atoms with Crippen LogP contribution >= 0.6 is 0 Å². The fraction of sp³-hybridized carbons (Fsp3) is 0.381. The number of nitrogens with one attached hydrogen (secondary N) is 3. The molecule has 0 bridgehead atoms. The zero-order chi connectivity index (χ0) is 19.8. The van der Waals surface area contributed by atoms with Crippen molar-refractivity contribution in [1.82, 2.24) is 10.6 Å². The summed E-state index contributed by atoms with van der Waals surface area (Å²) in [5.41, 5.74) is 1.18. The summed E-state index contributed by atoms with van der Waals surface area (Å²) >= 11 is 0. The van der Waals surface area contributed by atoms with Gasteiger partial charge in [-0.15, -0.1) is 0 Å². The van der Waals surface area contributed by atoms with E-state index >= 15 is 0 Å². The first-order valence-electron chi connectivity index (χ1n) is 9.61. The largest absolute Gasteiger partial charge is 0.459 e. The fourth-order valence-corrected chi connectivity index (χ4v) is 3.34. The Balaban J connectivity index is 1.38. The Morgan fingerprint density at radius 3 is 2.25 bits per heavy atom. The quantitative estimate of drug-likeness (QED) is 0.610. The molecule has 1 saturated carbocycles. The molecule has 1 heterocycles. The summed E-state index contributed by atoms with van der Waals surface area (Å²) in [4.78, 5) is 35.9. The standard InChI is InChI=1S/C21H25N3O4/c25-19(14-15-4-1-2-5-15)24-17-9-7-16(8-10-17)20(26)22-11-12-23-21(27)18-6-3-13-28-18/h3,6-10,13,15H,1-2,4-5,11-12,14H2,(H,22,26)(H,23,27)(H,24,25). The van der Waals surface area contributed by atoms with Crippen LogP contribution in [0, 0.1) is 5.92 Å². The van der Waals surface area contributed by atoms with Crippen molar-refractivity contribution < 1.29 is 18.8 Å². The van der Waals surface area contributed by atoms with Crippen molar-refractivity contribution in [3.63, 3.8) is 0 Å². The number of furan rings is 1. The molecule has 0 radical (unpaired) electrons. The molecule has 7 heteroatoms. The second-order valence-corrected chi connectivity index (χ2v) is 6.97. The van der Waals surface area contributed by atoms with Crippen LogP contribution in [-0.4, -0.2) is 30.8 Å². The molecule has 1 aliphatic carbocycles. The molecule has 1 aliphatic rings. The third kappa shape index (κ3) is 5.70. The van der Waals surface area contributed by atoms with Gasteiger partial charge in [-0.25, -0.2) is 0 Å². The van der Waals surface area contributed by atoms with Crippen molar-refractivity contribution >= 4 is 23.4 Å². The number of hydrogen-bond acceptors (Lipinski definition) is 4. The first-order chi connectivity index (χ1) is 13.6. The minimum absolute atomic E-state index is 0.0244. The first kappa shape index (κ1) is 19.7. The third-order valence-electron chi connectivity index (χ3n) is 4.82. The number of amides is 3. The van der Waals surface area contributed by atoms with Crippen LogP contribution < -0.4 is 16.0 Å². The van der Waals surface area contributed by atoms with Crippen molar-refractivity contribution in [2.45, 2.75) is 32.1 Å². The van der Waals surface area contributed by atoms with Crippen molar-refractivity contribution in [3.05, 3.63) is 54.0 Å². The van der Waals surface area contributed by atoms with Crippen LogP contribution in [-0.2, 0) is 4.79 Å². The van der Waals surface area contributed by atoms with E-state index in [2.05, 4.69) is 16.0 Å². The van der Waals surface area contributed by atoms with E-state index in [9.17, 15) is 14.4 Å². The predicted octanol–water partition coefficient (Wildman–Crippen LogP) is 2.96. The SMILES string of the molecule is O=C(CC1CCCC1)Nc1ccc(C(=O)NCCNC(=O)c2ccco2)cc1. The molecular weight excluding hydrogens is 358 g/mol. The lowest BCUT2D eigenvalue weighted by atomic mass is 10.0. The van der Waals surface area contributed by atoms with Gasteiger partial charge in [-0.1, -0.05) is 12.8 Å². The number of carbonyl (C=O) groups is 3. The molecule has 3 rings (SSSR count). The lowest BCUT2D eigenvalue weighted by Crippen LogP contribution is -2.34. The maximum absolute atomic E-state index is 12.2. The van der Waals surface area contributed by atoms with Crippen LogP contribution in [0.1, 0.15) is 53.0 Å². The average Bonchev–Trinajstić information content (AvgIpc) is 3.39. The highest BCUT2D eigenvalue weighted by Crippen LogP contribution is 2.27. The molecule has 0 saturated heterocycles. The van der Waals surface area contributed by atoms with Crippen LogP contribution in [0.3, 0.4) is 0 Å². The van der Waals surface area contributed by atoms with Gasteiger partial charge in [0.05, 0.1) is 6.26 Å². The minimum atomic E-state index is -0.322. The monoisotopic (exact) mass is 383 g/mol. The molecule has 1 aromatic carbocycles. The van der Waals surface area contributed by atoms with Gasteiger partial charge in [0.1, 0.15) is 0 Å². The van der Waals surface area contributed by atoms with E-state index in [4.69, 9.17) is 4.42 Å².